The van der Waals surface area contributed by atoms with Gasteiger partial charge in [0.15, 0.2) is 11.5 Å². The average molecular weight is 453 g/mol. The largest absolute Gasteiger partial charge is 0.507 e. The summed E-state index contributed by atoms with van der Waals surface area (Å²) in [5.41, 5.74) is 7.39. The highest BCUT2D eigenvalue weighted by Gasteiger charge is 2.18. The van der Waals surface area contributed by atoms with E-state index in [1.807, 2.05) is 32.0 Å². The van der Waals surface area contributed by atoms with Gasteiger partial charge in [-0.2, -0.15) is 0 Å². The first kappa shape index (κ1) is 24.4. The van der Waals surface area contributed by atoms with Gasteiger partial charge in [0.05, 0.1) is 20.3 Å². The van der Waals surface area contributed by atoms with E-state index in [4.69, 9.17) is 4.74 Å². The molecule has 0 aromatic heterocycles. The van der Waals surface area contributed by atoms with Crippen LogP contribution in [0.25, 0.3) is 0 Å². The number of phenolic OH excluding ortho intramolecular Hbond substituents is 1. The number of aliphatic hydroxyl groups excluding tert-OH is 2. The van der Waals surface area contributed by atoms with Crippen molar-refractivity contribution in [3.05, 3.63) is 79.9 Å². The Morgan fingerprint density at radius 2 is 1.12 bits per heavy atom. The highest BCUT2D eigenvalue weighted by atomic mass is 16.5. The molecule has 0 spiro atoms. The van der Waals surface area contributed by atoms with Crippen LogP contribution in [0.3, 0.4) is 0 Å². The van der Waals surface area contributed by atoms with Gasteiger partial charge in [0, 0.05) is 23.1 Å². The normalized spacial score (nSPS) is 11.1. The summed E-state index contributed by atoms with van der Waals surface area (Å²) in [6.45, 7) is 6.78. The molecule has 0 heterocycles. The zero-order chi connectivity index (χ0) is 24.4. The van der Waals surface area contributed by atoms with Crippen molar-refractivity contribution in [2.45, 2.75) is 53.8 Å². The molecule has 6 heteroatoms. The van der Waals surface area contributed by atoms with Crippen molar-refractivity contribution in [1.29, 1.82) is 0 Å². The van der Waals surface area contributed by atoms with Crippen molar-refractivity contribution in [3.63, 3.8) is 0 Å². The van der Waals surface area contributed by atoms with E-state index in [-0.39, 0.29) is 30.5 Å². The van der Waals surface area contributed by atoms with Crippen LogP contribution in [0, 0.1) is 27.7 Å². The summed E-state index contributed by atoms with van der Waals surface area (Å²) < 4.78 is 5.43. The lowest BCUT2D eigenvalue weighted by Crippen LogP contribution is -2.03. The number of aliphatic hydroxyl groups is 2. The van der Waals surface area contributed by atoms with E-state index >= 15 is 0 Å². The first-order valence-electron chi connectivity index (χ1n) is 10.8. The lowest BCUT2D eigenvalue weighted by atomic mass is 9.90. The van der Waals surface area contributed by atoms with Crippen molar-refractivity contribution in [1.82, 2.24) is 0 Å². The number of hydrogen-bond donors (Lipinski definition) is 5. The third kappa shape index (κ3) is 4.63. The molecule has 0 saturated carbocycles. The van der Waals surface area contributed by atoms with Gasteiger partial charge in [-0.15, -0.1) is 0 Å². The summed E-state index contributed by atoms with van der Waals surface area (Å²) >= 11 is 0. The summed E-state index contributed by atoms with van der Waals surface area (Å²) in [6, 6.07) is 7.47. The van der Waals surface area contributed by atoms with Crippen LogP contribution < -0.4 is 4.74 Å². The summed E-state index contributed by atoms with van der Waals surface area (Å²) in [6.07, 6.45) is 0.921. The van der Waals surface area contributed by atoms with Crippen LogP contribution in [0.2, 0.25) is 0 Å². The highest BCUT2D eigenvalue weighted by molar-refractivity contribution is 5.56. The fraction of sp³-hybridized carbons (Fsp3) is 0.333. The molecule has 0 aliphatic rings. The number of benzene rings is 3. The average Bonchev–Trinajstić information content (AvgIpc) is 2.78. The van der Waals surface area contributed by atoms with Crippen molar-refractivity contribution >= 4 is 0 Å². The second-order valence-electron chi connectivity index (χ2n) is 8.59. The Morgan fingerprint density at radius 3 is 1.58 bits per heavy atom. The van der Waals surface area contributed by atoms with E-state index in [0.29, 0.717) is 46.4 Å². The minimum Gasteiger partial charge on any atom is -0.507 e. The van der Waals surface area contributed by atoms with Crippen LogP contribution in [0.4, 0.5) is 0 Å². The van der Waals surface area contributed by atoms with Crippen molar-refractivity contribution < 1.29 is 30.3 Å². The first-order valence-corrected chi connectivity index (χ1v) is 10.8. The van der Waals surface area contributed by atoms with E-state index in [0.717, 1.165) is 27.8 Å². The zero-order valence-electron chi connectivity index (χ0n) is 19.8. The molecular weight excluding hydrogens is 420 g/mol. The van der Waals surface area contributed by atoms with Gasteiger partial charge >= 0.3 is 0 Å². The molecule has 0 unspecified atom stereocenters. The van der Waals surface area contributed by atoms with E-state index in [1.165, 1.54) is 7.11 Å². The number of ether oxygens (including phenoxy) is 1. The molecule has 3 aromatic rings. The quantitative estimate of drug-likeness (QED) is 0.367. The number of aryl methyl sites for hydroxylation is 2. The topological polar surface area (TPSA) is 110 Å². The SMILES string of the molecule is COc1cc(Cc2cc(C)c(O)c(CO)c2C)cc(Cc2cc(C)c(O)c(CO)c2C)c1O. The number of rotatable bonds is 7. The van der Waals surface area contributed by atoms with E-state index < -0.39 is 0 Å². The Morgan fingerprint density at radius 1 is 0.636 bits per heavy atom. The third-order valence-electron chi connectivity index (χ3n) is 6.49. The van der Waals surface area contributed by atoms with Gasteiger partial charge in [-0.3, -0.25) is 0 Å². The van der Waals surface area contributed by atoms with E-state index in [9.17, 15) is 25.5 Å². The summed E-state index contributed by atoms with van der Waals surface area (Å²) in [5.74, 6) is 0.605. The van der Waals surface area contributed by atoms with Gasteiger partial charge in [0.2, 0.25) is 0 Å². The second kappa shape index (κ2) is 9.73. The lowest BCUT2D eigenvalue weighted by molar-refractivity contribution is 0.274. The molecule has 3 rings (SSSR count). The van der Waals surface area contributed by atoms with E-state index in [1.54, 1.807) is 19.9 Å². The molecule has 0 radical (unpaired) electrons. The first-order chi connectivity index (χ1) is 15.6. The monoisotopic (exact) mass is 452 g/mol. The van der Waals surface area contributed by atoms with E-state index in [2.05, 4.69) is 0 Å². The maximum Gasteiger partial charge on any atom is 0.161 e. The Labute approximate surface area is 194 Å². The molecule has 0 saturated heterocycles. The molecule has 0 bridgehead atoms. The van der Waals surface area contributed by atoms with Gasteiger partial charge in [0.25, 0.3) is 0 Å². The Balaban J connectivity index is 2.08. The lowest BCUT2D eigenvalue weighted by Gasteiger charge is -2.18. The Bertz CT molecular complexity index is 1200. The van der Waals surface area contributed by atoms with Crippen LogP contribution in [0.1, 0.15) is 55.6 Å². The molecule has 0 aliphatic heterocycles. The highest BCUT2D eigenvalue weighted by Crippen LogP contribution is 2.37. The summed E-state index contributed by atoms with van der Waals surface area (Å²) in [5, 5.41) is 50.7. The Kier molecular flexibility index (Phi) is 7.20. The molecule has 0 atom stereocenters. The van der Waals surface area contributed by atoms with Gasteiger partial charge < -0.3 is 30.3 Å². The molecule has 33 heavy (non-hydrogen) atoms. The minimum atomic E-state index is -0.269. The number of aromatic hydroxyl groups is 3. The number of phenols is 3. The van der Waals surface area contributed by atoms with Crippen LogP contribution >= 0.6 is 0 Å². The number of hydrogen-bond acceptors (Lipinski definition) is 6. The molecule has 6 nitrogen and oxygen atoms in total. The molecule has 3 aromatic carbocycles. The summed E-state index contributed by atoms with van der Waals surface area (Å²) in [7, 11) is 1.50. The smallest absolute Gasteiger partial charge is 0.161 e. The molecular formula is C27H32O6. The molecule has 176 valence electrons. The van der Waals surface area contributed by atoms with Crippen molar-refractivity contribution in [3.8, 4) is 23.0 Å². The molecule has 0 aliphatic carbocycles. The fourth-order valence-corrected chi connectivity index (χ4v) is 4.40. The molecule has 0 amide bonds. The standard InChI is InChI=1S/C27H32O6/c1-14-6-19(16(3)22(12-28)25(14)30)8-18-9-21(27(32)24(10-18)33-5)11-20-7-15(2)26(31)23(13-29)17(20)4/h6-7,9-10,28-32H,8,11-13H2,1-5H3. The predicted octanol–water partition coefficient (Wildman–Crippen LogP) is 4.21. The Hall–Kier alpha value is -3.22. The zero-order valence-corrected chi connectivity index (χ0v) is 19.8. The van der Waals surface area contributed by atoms with Crippen LogP contribution in [0.15, 0.2) is 24.3 Å². The molecule has 0 fully saturated rings. The number of methoxy groups -OCH3 is 1. The van der Waals surface area contributed by atoms with Gasteiger partial charge in [-0.05, 0) is 79.1 Å². The van der Waals surface area contributed by atoms with Gasteiger partial charge in [-0.25, -0.2) is 0 Å². The predicted molar refractivity (Wildman–Crippen MR) is 127 cm³/mol. The fourth-order valence-electron chi connectivity index (χ4n) is 4.40. The molecule has 5 N–H and O–H groups in total. The third-order valence-corrected chi connectivity index (χ3v) is 6.49. The van der Waals surface area contributed by atoms with Crippen molar-refractivity contribution in [2.75, 3.05) is 7.11 Å². The van der Waals surface area contributed by atoms with Crippen LogP contribution in [0.5, 0.6) is 23.0 Å². The maximum absolute atomic E-state index is 10.8. The maximum atomic E-state index is 10.8. The summed E-state index contributed by atoms with van der Waals surface area (Å²) in [4.78, 5) is 0. The second-order valence-corrected chi connectivity index (χ2v) is 8.59. The van der Waals surface area contributed by atoms with Crippen molar-refractivity contribution in [2.24, 2.45) is 0 Å². The van der Waals surface area contributed by atoms with Gasteiger partial charge in [-0.1, -0.05) is 18.2 Å². The van der Waals surface area contributed by atoms with Gasteiger partial charge in [0.1, 0.15) is 11.5 Å². The van der Waals surface area contributed by atoms with Crippen LogP contribution in [-0.2, 0) is 26.1 Å². The van der Waals surface area contributed by atoms with Crippen LogP contribution in [-0.4, -0.2) is 32.6 Å². The minimum absolute atomic E-state index is 0.0478.